The minimum atomic E-state index is 0.122. The van der Waals surface area contributed by atoms with E-state index in [0.717, 1.165) is 22.1 Å². The standard InChI is InChI=1S/C15H16BrNO3/c1-10-2-3-11-12(15(16)20-13(11)8-10)9-14(18)17-4-6-19-7-5-17/h2-3,8H,4-7,9H2,1H3. The van der Waals surface area contributed by atoms with Crippen molar-refractivity contribution in [1.29, 1.82) is 0 Å². The number of aryl methyl sites for hydroxylation is 1. The SMILES string of the molecule is Cc1ccc2c(CC(=O)N3CCOCC3)c(Br)oc2c1. The summed E-state index contributed by atoms with van der Waals surface area (Å²) in [5, 5.41) is 1.00. The van der Waals surface area contributed by atoms with Crippen LogP contribution in [0.1, 0.15) is 11.1 Å². The number of benzene rings is 1. The second-order valence-electron chi connectivity index (χ2n) is 5.02. The third-order valence-corrected chi connectivity index (χ3v) is 4.23. The predicted octanol–water partition coefficient (Wildman–Crippen LogP) is 2.91. The molecule has 0 unspecified atom stereocenters. The Balaban J connectivity index is 1.86. The van der Waals surface area contributed by atoms with Gasteiger partial charge in [-0.05, 0) is 34.5 Å². The Morgan fingerprint density at radius 2 is 2.10 bits per heavy atom. The van der Waals surface area contributed by atoms with Crippen molar-refractivity contribution in [3.8, 4) is 0 Å². The van der Waals surface area contributed by atoms with Crippen LogP contribution in [0.5, 0.6) is 0 Å². The Morgan fingerprint density at radius 3 is 2.85 bits per heavy atom. The van der Waals surface area contributed by atoms with Crippen LogP contribution in [0.3, 0.4) is 0 Å². The summed E-state index contributed by atoms with van der Waals surface area (Å²) in [5.74, 6) is 0.122. The van der Waals surface area contributed by atoms with E-state index in [1.54, 1.807) is 0 Å². The van der Waals surface area contributed by atoms with Crippen LogP contribution in [-0.2, 0) is 16.0 Å². The molecule has 0 atom stereocenters. The fourth-order valence-electron chi connectivity index (χ4n) is 2.47. The third-order valence-electron chi connectivity index (χ3n) is 3.59. The quantitative estimate of drug-likeness (QED) is 0.846. The van der Waals surface area contributed by atoms with Crippen LogP contribution in [0.15, 0.2) is 27.3 Å². The smallest absolute Gasteiger partial charge is 0.227 e. The molecule has 1 aromatic carbocycles. The van der Waals surface area contributed by atoms with E-state index < -0.39 is 0 Å². The molecule has 1 saturated heterocycles. The summed E-state index contributed by atoms with van der Waals surface area (Å²) >= 11 is 3.42. The minimum absolute atomic E-state index is 0.122. The van der Waals surface area contributed by atoms with Crippen LogP contribution in [0, 0.1) is 6.92 Å². The summed E-state index contributed by atoms with van der Waals surface area (Å²) in [6.07, 6.45) is 0.358. The number of carbonyl (C=O) groups excluding carboxylic acids is 1. The molecule has 3 rings (SSSR count). The number of hydrogen-bond donors (Lipinski definition) is 0. The average Bonchev–Trinajstić information content (AvgIpc) is 2.75. The molecule has 1 fully saturated rings. The Kier molecular flexibility index (Phi) is 3.81. The molecule has 0 bridgehead atoms. The maximum atomic E-state index is 12.3. The molecule has 4 nitrogen and oxygen atoms in total. The number of nitrogens with zero attached hydrogens (tertiary/aromatic N) is 1. The molecule has 0 radical (unpaired) electrons. The van der Waals surface area contributed by atoms with Gasteiger partial charge < -0.3 is 14.1 Å². The summed E-state index contributed by atoms with van der Waals surface area (Å²) in [6, 6.07) is 6.04. The van der Waals surface area contributed by atoms with Gasteiger partial charge in [0, 0.05) is 24.0 Å². The number of morpholine rings is 1. The average molecular weight is 338 g/mol. The van der Waals surface area contributed by atoms with Gasteiger partial charge in [0.15, 0.2) is 4.67 Å². The lowest BCUT2D eigenvalue weighted by atomic mass is 10.1. The third kappa shape index (κ3) is 2.60. The molecule has 5 heteroatoms. The van der Waals surface area contributed by atoms with E-state index in [0.29, 0.717) is 37.4 Å². The van der Waals surface area contributed by atoms with Crippen LogP contribution in [0.2, 0.25) is 0 Å². The van der Waals surface area contributed by atoms with Crippen molar-refractivity contribution in [2.45, 2.75) is 13.3 Å². The molecular weight excluding hydrogens is 322 g/mol. The van der Waals surface area contributed by atoms with Gasteiger partial charge in [-0.3, -0.25) is 4.79 Å². The number of hydrogen-bond acceptors (Lipinski definition) is 3. The van der Waals surface area contributed by atoms with E-state index >= 15 is 0 Å². The maximum Gasteiger partial charge on any atom is 0.227 e. The number of rotatable bonds is 2. The lowest BCUT2D eigenvalue weighted by Crippen LogP contribution is -2.41. The summed E-state index contributed by atoms with van der Waals surface area (Å²) in [4.78, 5) is 14.2. The number of furan rings is 1. The zero-order chi connectivity index (χ0) is 14.1. The second kappa shape index (κ2) is 5.58. The van der Waals surface area contributed by atoms with Crippen LogP contribution in [-0.4, -0.2) is 37.1 Å². The van der Waals surface area contributed by atoms with Gasteiger partial charge in [0.2, 0.25) is 5.91 Å². The first-order valence-electron chi connectivity index (χ1n) is 6.68. The molecule has 0 N–H and O–H groups in total. The molecule has 2 aromatic rings. The lowest BCUT2D eigenvalue weighted by Gasteiger charge is -2.26. The second-order valence-corrected chi connectivity index (χ2v) is 5.74. The number of amides is 1. The van der Waals surface area contributed by atoms with Crippen molar-refractivity contribution in [1.82, 2.24) is 4.90 Å². The van der Waals surface area contributed by atoms with Gasteiger partial charge in [-0.2, -0.15) is 0 Å². The predicted molar refractivity (Wildman–Crippen MR) is 79.8 cm³/mol. The summed E-state index contributed by atoms with van der Waals surface area (Å²) in [7, 11) is 0. The van der Waals surface area contributed by atoms with Gasteiger partial charge in [-0.15, -0.1) is 0 Å². The zero-order valence-electron chi connectivity index (χ0n) is 11.3. The molecule has 106 valence electrons. The monoisotopic (exact) mass is 337 g/mol. The van der Waals surface area contributed by atoms with Crippen molar-refractivity contribution in [2.75, 3.05) is 26.3 Å². The summed E-state index contributed by atoms with van der Waals surface area (Å²) in [6.45, 7) is 4.61. The van der Waals surface area contributed by atoms with Gasteiger partial charge in [0.05, 0.1) is 19.6 Å². The topological polar surface area (TPSA) is 42.7 Å². The van der Waals surface area contributed by atoms with E-state index in [2.05, 4.69) is 15.9 Å². The number of fused-ring (bicyclic) bond motifs is 1. The molecule has 1 amide bonds. The first-order chi connectivity index (χ1) is 9.65. The van der Waals surface area contributed by atoms with Crippen molar-refractivity contribution in [3.63, 3.8) is 0 Å². The highest BCUT2D eigenvalue weighted by atomic mass is 79.9. The molecule has 0 saturated carbocycles. The fraction of sp³-hybridized carbons (Fsp3) is 0.400. The lowest BCUT2D eigenvalue weighted by molar-refractivity contribution is -0.134. The number of ether oxygens (including phenoxy) is 1. The Hall–Kier alpha value is -1.33. The van der Waals surface area contributed by atoms with E-state index in [1.807, 2.05) is 30.0 Å². The van der Waals surface area contributed by atoms with Crippen molar-refractivity contribution in [2.24, 2.45) is 0 Å². The molecule has 20 heavy (non-hydrogen) atoms. The van der Waals surface area contributed by atoms with Gasteiger partial charge in [0.1, 0.15) is 5.58 Å². The number of carbonyl (C=O) groups is 1. The van der Waals surface area contributed by atoms with Gasteiger partial charge >= 0.3 is 0 Å². The van der Waals surface area contributed by atoms with E-state index in [1.165, 1.54) is 0 Å². The Morgan fingerprint density at radius 1 is 1.35 bits per heavy atom. The zero-order valence-corrected chi connectivity index (χ0v) is 12.9. The maximum absolute atomic E-state index is 12.3. The highest BCUT2D eigenvalue weighted by molar-refractivity contribution is 9.10. The molecule has 1 aromatic heterocycles. The summed E-state index contributed by atoms with van der Waals surface area (Å²) in [5.41, 5.74) is 2.89. The van der Waals surface area contributed by atoms with Gasteiger partial charge in [-0.1, -0.05) is 12.1 Å². The fourth-order valence-corrected chi connectivity index (χ4v) is 3.00. The van der Waals surface area contributed by atoms with Crippen molar-refractivity contribution < 1.29 is 13.9 Å². The minimum Gasteiger partial charge on any atom is -0.449 e. The van der Waals surface area contributed by atoms with Crippen molar-refractivity contribution >= 4 is 32.8 Å². The highest BCUT2D eigenvalue weighted by Crippen LogP contribution is 2.31. The Bertz CT molecular complexity index is 644. The Labute approximate surface area is 125 Å². The van der Waals surface area contributed by atoms with Crippen molar-refractivity contribution in [3.05, 3.63) is 34.0 Å². The molecule has 0 aliphatic carbocycles. The molecule has 0 spiro atoms. The largest absolute Gasteiger partial charge is 0.449 e. The molecule has 2 heterocycles. The summed E-state index contributed by atoms with van der Waals surface area (Å²) < 4.78 is 11.6. The van der Waals surface area contributed by atoms with Gasteiger partial charge in [0.25, 0.3) is 0 Å². The van der Waals surface area contributed by atoms with Crippen LogP contribution >= 0.6 is 15.9 Å². The molecule has 1 aliphatic heterocycles. The molecular formula is C15H16BrNO3. The normalized spacial score (nSPS) is 15.8. The van der Waals surface area contributed by atoms with Crippen LogP contribution < -0.4 is 0 Å². The van der Waals surface area contributed by atoms with Crippen LogP contribution in [0.4, 0.5) is 0 Å². The van der Waals surface area contributed by atoms with E-state index in [9.17, 15) is 4.79 Å². The van der Waals surface area contributed by atoms with E-state index in [-0.39, 0.29) is 5.91 Å². The highest BCUT2D eigenvalue weighted by Gasteiger charge is 2.21. The first-order valence-corrected chi connectivity index (χ1v) is 7.47. The van der Waals surface area contributed by atoms with Gasteiger partial charge in [-0.25, -0.2) is 0 Å². The van der Waals surface area contributed by atoms with Crippen LogP contribution in [0.25, 0.3) is 11.0 Å². The molecule has 1 aliphatic rings. The number of halogens is 1. The first kappa shape index (κ1) is 13.6. The van der Waals surface area contributed by atoms with E-state index in [4.69, 9.17) is 9.15 Å².